The van der Waals surface area contributed by atoms with Crippen LogP contribution < -0.4 is 0 Å². The molecule has 0 amide bonds. The molecule has 0 bridgehead atoms. The van der Waals surface area contributed by atoms with Gasteiger partial charge in [0.1, 0.15) is 0 Å². The molecule has 0 aliphatic rings. The van der Waals surface area contributed by atoms with Crippen molar-refractivity contribution in [1.82, 2.24) is 9.55 Å². The average molecular weight is 377 g/mol. The van der Waals surface area contributed by atoms with Crippen molar-refractivity contribution in [2.75, 3.05) is 0 Å². The summed E-state index contributed by atoms with van der Waals surface area (Å²) in [7, 11) is 0. The van der Waals surface area contributed by atoms with Crippen molar-refractivity contribution in [3.05, 3.63) is 89.6 Å². The van der Waals surface area contributed by atoms with Crippen LogP contribution in [0.2, 0.25) is 0 Å². The lowest BCUT2D eigenvalue weighted by molar-refractivity contribution is 0.111. The van der Waals surface area contributed by atoms with E-state index < -0.39 is 0 Å². The molecular weight excluding hydrogens is 360 g/mol. The molecule has 2 aromatic carbocycles. The summed E-state index contributed by atoms with van der Waals surface area (Å²) in [4.78, 5) is 17.0. The lowest BCUT2D eigenvalue weighted by atomic mass is 10.2. The SMILES string of the molecule is O=Cc1cccn1-c1nc(-c2ccc(SCc3ccccc3)cc2)cs1. The van der Waals surface area contributed by atoms with Gasteiger partial charge >= 0.3 is 0 Å². The van der Waals surface area contributed by atoms with Crippen molar-refractivity contribution in [1.29, 1.82) is 0 Å². The molecule has 0 radical (unpaired) electrons. The molecule has 0 unspecified atom stereocenters. The number of nitrogens with zero attached hydrogens (tertiary/aromatic N) is 2. The van der Waals surface area contributed by atoms with Gasteiger partial charge in [0.25, 0.3) is 0 Å². The van der Waals surface area contributed by atoms with Crippen molar-refractivity contribution in [2.24, 2.45) is 0 Å². The maximum atomic E-state index is 11.1. The van der Waals surface area contributed by atoms with Crippen LogP contribution in [0.15, 0.2) is 83.2 Å². The molecule has 128 valence electrons. The largest absolute Gasteiger partial charge is 0.296 e. The fraction of sp³-hybridized carbons (Fsp3) is 0.0476. The second-order valence-corrected chi connectivity index (χ2v) is 7.62. The minimum absolute atomic E-state index is 0.610. The van der Waals surface area contributed by atoms with E-state index in [1.54, 1.807) is 6.07 Å². The maximum Gasteiger partial charge on any atom is 0.194 e. The van der Waals surface area contributed by atoms with Crippen LogP contribution in [-0.2, 0) is 5.75 Å². The molecule has 0 aliphatic heterocycles. The number of rotatable bonds is 6. The van der Waals surface area contributed by atoms with Gasteiger partial charge in [0, 0.05) is 27.8 Å². The number of carbonyl (C=O) groups excluding carboxylic acids is 1. The third-order valence-corrected chi connectivity index (χ3v) is 5.92. The highest BCUT2D eigenvalue weighted by molar-refractivity contribution is 7.98. The molecule has 26 heavy (non-hydrogen) atoms. The number of carbonyl (C=O) groups is 1. The van der Waals surface area contributed by atoms with Crippen molar-refractivity contribution < 1.29 is 4.79 Å². The summed E-state index contributed by atoms with van der Waals surface area (Å²) in [5, 5.41) is 2.82. The first-order valence-electron chi connectivity index (χ1n) is 8.19. The third-order valence-electron chi connectivity index (χ3n) is 4.00. The molecule has 0 fully saturated rings. The molecular formula is C21H16N2OS2. The highest BCUT2D eigenvalue weighted by Crippen LogP contribution is 2.28. The smallest absolute Gasteiger partial charge is 0.194 e. The fourth-order valence-electron chi connectivity index (χ4n) is 2.63. The van der Waals surface area contributed by atoms with E-state index in [-0.39, 0.29) is 0 Å². The summed E-state index contributed by atoms with van der Waals surface area (Å²) in [5.74, 6) is 0.961. The highest BCUT2D eigenvalue weighted by atomic mass is 32.2. The Hall–Kier alpha value is -2.63. The number of benzene rings is 2. The Bertz CT molecular complexity index is 1000. The van der Waals surface area contributed by atoms with Gasteiger partial charge in [0.15, 0.2) is 11.4 Å². The van der Waals surface area contributed by atoms with Crippen LogP contribution in [0.4, 0.5) is 0 Å². The topological polar surface area (TPSA) is 34.9 Å². The maximum absolute atomic E-state index is 11.1. The Morgan fingerprint density at radius 2 is 1.81 bits per heavy atom. The van der Waals surface area contributed by atoms with Gasteiger partial charge in [-0.3, -0.25) is 9.36 Å². The second kappa shape index (κ2) is 7.72. The van der Waals surface area contributed by atoms with Gasteiger partial charge in [0.05, 0.1) is 11.4 Å². The number of hydrogen-bond acceptors (Lipinski definition) is 4. The first kappa shape index (κ1) is 16.8. The number of thiazole rings is 1. The van der Waals surface area contributed by atoms with Gasteiger partial charge in [-0.1, -0.05) is 42.5 Å². The Balaban J connectivity index is 1.48. The molecule has 0 spiro atoms. The van der Waals surface area contributed by atoms with Crippen molar-refractivity contribution in [3.8, 4) is 16.4 Å². The van der Waals surface area contributed by atoms with Gasteiger partial charge in [-0.25, -0.2) is 4.98 Å². The van der Waals surface area contributed by atoms with Crippen LogP contribution in [0.3, 0.4) is 0 Å². The van der Waals surface area contributed by atoms with Gasteiger partial charge in [-0.05, 0) is 29.8 Å². The lowest BCUT2D eigenvalue weighted by Gasteiger charge is -2.03. The minimum atomic E-state index is 0.610. The van der Waals surface area contributed by atoms with E-state index in [1.165, 1.54) is 21.8 Å². The summed E-state index contributed by atoms with van der Waals surface area (Å²) in [5.41, 5.74) is 3.94. The average Bonchev–Trinajstić information content (AvgIpc) is 3.36. The molecule has 0 N–H and O–H groups in total. The van der Waals surface area contributed by atoms with Crippen LogP contribution in [0.5, 0.6) is 0 Å². The number of aldehydes is 1. The molecule has 4 rings (SSSR count). The van der Waals surface area contributed by atoms with E-state index in [9.17, 15) is 4.79 Å². The predicted octanol–water partition coefficient (Wildman–Crippen LogP) is 5.71. The van der Waals surface area contributed by atoms with E-state index in [0.717, 1.165) is 28.4 Å². The first-order valence-corrected chi connectivity index (χ1v) is 10.1. The van der Waals surface area contributed by atoms with Gasteiger partial charge < -0.3 is 0 Å². The standard InChI is InChI=1S/C21H16N2OS2/c24-13-18-7-4-12-23(18)21-22-20(15-26-21)17-8-10-19(11-9-17)25-14-16-5-2-1-3-6-16/h1-13,15H,14H2. The summed E-state index contributed by atoms with van der Waals surface area (Å²) in [6.45, 7) is 0. The molecule has 2 heterocycles. The Morgan fingerprint density at radius 3 is 2.58 bits per heavy atom. The van der Waals surface area contributed by atoms with Crippen LogP contribution >= 0.6 is 23.1 Å². The van der Waals surface area contributed by atoms with Crippen LogP contribution in [0.25, 0.3) is 16.4 Å². The van der Waals surface area contributed by atoms with E-state index in [4.69, 9.17) is 0 Å². The highest BCUT2D eigenvalue weighted by Gasteiger charge is 2.09. The molecule has 4 aromatic rings. The van der Waals surface area contributed by atoms with Gasteiger partial charge in [-0.15, -0.1) is 23.1 Å². The Kier molecular flexibility index (Phi) is 5.00. The normalized spacial score (nSPS) is 10.8. The van der Waals surface area contributed by atoms with E-state index >= 15 is 0 Å². The lowest BCUT2D eigenvalue weighted by Crippen LogP contribution is -1.96. The number of aromatic nitrogens is 2. The Labute approximate surface area is 160 Å². The number of hydrogen-bond donors (Lipinski definition) is 0. The van der Waals surface area contributed by atoms with Crippen LogP contribution in [0, 0.1) is 0 Å². The molecule has 0 saturated carbocycles. The van der Waals surface area contributed by atoms with Crippen molar-refractivity contribution >= 4 is 29.4 Å². The minimum Gasteiger partial charge on any atom is -0.296 e. The summed E-state index contributed by atoms with van der Waals surface area (Å²) < 4.78 is 1.81. The van der Waals surface area contributed by atoms with Crippen molar-refractivity contribution in [2.45, 2.75) is 10.6 Å². The fourth-order valence-corrected chi connectivity index (χ4v) is 4.33. The summed E-state index contributed by atoms with van der Waals surface area (Å²) in [6, 6.07) is 22.6. The molecule has 0 saturated heterocycles. The zero-order valence-electron chi connectivity index (χ0n) is 13.9. The molecule has 0 atom stereocenters. The molecule has 5 heteroatoms. The van der Waals surface area contributed by atoms with Gasteiger partial charge in [0.2, 0.25) is 0 Å². The molecule has 2 aromatic heterocycles. The van der Waals surface area contributed by atoms with Crippen LogP contribution in [0.1, 0.15) is 16.1 Å². The zero-order chi connectivity index (χ0) is 17.8. The summed E-state index contributed by atoms with van der Waals surface area (Å²) >= 11 is 3.36. The zero-order valence-corrected chi connectivity index (χ0v) is 15.5. The van der Waals surface area contributed by atoms with E-state index in [2.05, 4.69) is 53.5 Å². The quantitative estimate of drug-likeness (QED) is 0.319. The van der Waals surface area contributed by atoms with E-state index in [0.29, 0.717) is 5.69 Å². The van der Waals surface area contributed by atoms with E-state index in [1.807, 2.05) is 40.0 Å². The molecule has 3 nitrogen and oxygen atoms in total. The summed E-state index contributed by atoms with van der Waals surface area (Å²) in [6.07, 6.45) is 2.70. The van der Waals surface area contributed by atoms with Crippen molar-refractivity contribution in [3.63, 3.8) is 0 Å². The van der Waals surface area contributed by atoms with Gasteiger partial charge in [-0.2, -0.15) is 0 Å². The monoisotopic (exact) mass is 376 g/mol. The predicted molar refractivity (Wildman–Crippen MR) is 108 cm³/mol. The third kappa shape index (κ3) is 3.64. The second-order valence-electron chi connectivity index (χ2n) is 5.73. The van der Waals surface area contributed by atoms with Crippen LogP contribution in [-0.4, -0.2) is 15.8 Å². The molecule has 0 aliphatic carbocycles. The first-order chi connectivity index (χ1) is 12.8. The number of thioether (sulfide) groups is 1. The Morgan fingerprint density at radius 1 is 1.00 bits per heavy atom.